The molecule has 1 unspecified atom stereocenters. The van der Waals surface area contributed by atoms with Crippen molar-refractivity contribution in [3.63, 3.8) is 0 Å². The van der Waals surface area contributed by atoms with E-state index in [1.807, 2.05) is 32.9 Å². The Morgan fingerprint density at radius 1 is 1.07 bits per heavy atom. The maximum absolute atomic E-state index is 12.5. The molecule has 0 radical (unpaired) electrons. The summed E-state index contributed by atoms with van der Waals surface area (Å²) in [5, 5.41) is 4.67. The van der Waals surface area contributed by atoms with Crippen LogP contribution in [0.25, 0.3) is 0 Å². The van der Waals surface area contributed by atoms with E-state index in [0.717, 1.165) is 48.1 Å². The van der Waals surface area contributed by atoms with Crippen LogP contribution in [0, 0.1) is 20.8 Å². The molecule has 0 aromatic heterocycles. The molecule has 0 heterocycles. The van der Waals surface area contributed by atoms with Crippen LogP contribution in [0.15, 0.2) is 12.1 Å². The summed E-state index contributed by atoms with van der Waals surface area (Å²) in [5.41, 5.74) is 3.88. The summed E-state index contributed by atoms with van der Waals surface area (Å²) >= 11 is 0. The highest BCUT2D eigenvalue weighted by Crippen LogP contribution is 2.22. The van der Waals surface area contributed by atoms with E-state index in [2.05, 4.69) is 10.6 Å². The zero-order chi connectivity index (χ0) is 21.6. The van der Waals surface area contributed by atoms with Crippen molar-refractivity contribution in [2.45, 2.75) is 83.9 Å². The number of rotatable bonds is 8. The summed E-state index contributed by atoms with van der Waals surface area (Å²) in [6, 6.07) is 4.08. The van der Waals surface area contributed by atoms with E-state index in [9.17, 15) is 18.0 Å². The Hall–Kier alpha value is -1.89. The van der Waals surface area contributed by atoms with Crippen LogP contribution < -0.4 is 10.6 Å². The normalized spacial score (nSPS) is 16.3. The lowest BCUT2D eigenvalue weighted by molar-refractivity contribution is -0.121. The molecule has 29 heavy (non-hydrogen) atoms. The van der Waals surface area contributed by atoms with E-state index in [-0.39, 0.29) is 30.5 Å². The van der Waals surface area contributed by atoms with Gasteiger partial charge in [-0.25, -0.2) is 8.42 Å². The lowest BCUT2D eigenvalue weighted by atomic mass is 9.95. The highest BCUT2D eigenvalue weighted by molar-refractivity contribution is 7.92. The van der Waals surface area contributed by atoms with E-state index in [1.54, 1.807) is 0 Å². The molecule has 1 aliphatic carbocycles. The van der Waals surface area contributed by atoms with E-state index < -0.39 is 21.0 Å². The number of hydrogen-bond acceptors (Lipinski definition) is 4. The molecule has 0 saturated heterocycles. The van der Waals surface area contributed by atoms with E-state index in [1.165, 1.54) is 13.3 Å². The Balaban J connectivity index is 1.83. The number of amides is 2. The fourth-order valence-corrected chi connectivity index (χ4v) is 5.21. The molecule has 162 valence electrons. The van der Waals surface area contributed by atoms with Crippen molar-refractivity contribution in [2.24, 2.45) is 0 Å². The van der Waals surface area contributed by atoms with Crippen LogP contribution in [0.2, 0.25) is 0 Å². The Morgan fingerprint density at radius 2 is 1.66 bits per heavy atom. The van der Waals surface area contributed by atoms with Crippen LogP contribution in [-0.4, -0.2) is 37.3 Å². The molecule has 1 saturated carbocycles. The lowest BCUT2D eigenvalue weighted by Gasteiger charge is -2.24. The topological polar surface area (TPSA) is 92.3 Å². The van der Waals surface area contributed by atoms with Gasteiger partial charge in [-0.2, -0.15) is 0 Å². The molecular formula is C22H34N2O4S. The minimum atomic E-state index is -3.59. The average molecular weight is 423 g/mol. The third-order valence-electron chi connectivity index (χ3n) is 5.63. The van der Waals surface area contributed by atoms with Gasteiger partial charge in [-0.05, 0) is 58.1 Å². The van der Waals surface area contributed by atoms with Crippen LogP contribution in [0.5, 0.6) is 0 Å². The van der Waals surface area contributed by atoms with Crippen molar-refractivity contribution in [3.05, 3.63) is 28.8 Å². The van der Waals surface area contributed by atoms with Gasteiger partial charge in [0.2, 0.25) is 11.8 Å². The monoisotopic (exact) mass is 422 g/mol. The molecule has 1 fully saturated rings. The Bertz CT molecular complexity index is 819. The molecule has 2 N–H and O–H groups in total. The van der Waals surface area contributed by atoms with E-state index in [0.29, 0.717) is 0 Å². The van der Waals surface area contributed by atoms with Gasteiger partial charge in [0.1, 0.15) is 5.25 Å². The van der Waals surface area contributed by atoms with Crippen molar-refractivity contribution in [2.75, 3.05) is 11.1 Å². The van der Waals surface area contributed by atoms with Crippen LogP contribution in [0.4, 0.5) is 5.69 Å². The Labute approximate surface area is 174 Å². The molecule has 7 heteroatoms. The van der Waals surface area contributed by atoms with Crippen LogP contribution in [-0.2, 0) is 19.4 Å². The van der Waals surface area contributed by atoms with Crippen molar-refractivity contribution in [1.29, 1.82) is 0 Å². The number of benzene rings is 1. The van der Waals surface area contributed by atoms with Gasteiger partial charge in [-0.15, -0.1) is 0 Å². The van der Waals surface area contributed by atoms with E-state index in [4.69, 9.17) is 0 Å². The van der Waals surface area contributed by atoms with Gasteiger partial charge < -0.3 is 10.6 Å². The summed E-state index contributed by atoms with van der Waals surface area (Å²) in [6.07, 6.45) is 5.43. The summed E-state index contributed by atoms with van der Waals surface area (Å²) in [7, 11) is -3.59. The lowest BCUT2D eigenvalue weighted by Crippen LogP contribution is -2.44. The number of aryl methyl sites for hydroxylation is 3. The summed E-state index contributed by atoms with van der Waals surface area (Å²) in [4.78, 5) is 24.6. The number of sulfone groups is 1. The molecular weight excluding hydrogens is 388 g/mol. The minimum absolute atomic E-state index is 0.0840. The highest BCUT2D eigenvalue weighted by Gasteiger charge is 2.29. The zero-order valence-corrected chi connectivity index (χ0v) is 18.8. The summed E-state index contributed by atoms with van der Waals surface area (Å²) in [5.74, 6) is -0.812. The number of carbonyl (C=O) groups is 2. The van der Waals surface area contributed by atoms with Gasteiger partial charge >= 0.3 is 0 Å². The largest absolute Gasteiger partial charge is 0.352 e. The maximum atomic E-state index is 12.5. The van der Waals surface area contributed by atoms with Crippen molar-refractivity contribution in [1.82, 2.24) is 5.32 Å². The summed E-state index contributed by atoms with van der Waals surface area (Å²) in [6.45, 7) is 7.31. The molecule has 2 amide bonds. The molecule has 2 rings (SSSR count). The first-order valence-corrected chi connectivity index (χ1v) is 12.2. The van der Waals surface area contributed by atoms with Crippen LogP contribution in [0.3, 0.4) is 0 Å². The molecule has 0 aliphatic heterocycles. The highest BCUT2D eigenvalue weighted by atomic mass is 32.2. The Kier molecular flexibility index (Phi) is 8.25. The van der Waals surface area contributed by atoms with Crippen LogP contribution >= 0.6 is 0 Å². The van der Waals surface area contributed by atoms with Gasteiger partial charge in [0, 0.05) is 18.2 Å². The molecule has 6 nitrogen and oxygen atoms in total. The molecule has 1 aromatic carbocycles. The zero-order valence-electron chi connectivity index (χ0n) is 18.0. The van der Waals surface area contributed by atoms with E-state index >= 15 is 0 Å². The molecule has 0 bridgehead atoms. The molecule has 1 aromatic rings. The number of anilines is 1. The number of hydrogen-bond donors (Lipinski definition) is 2. The maximum Gasteiger partial charge on any atom is 0.238 e. The van der Waals surface area contributed by atoms with Gasteiger partial charge in [-0.1, -0.05) is 37.0 Å². The molecule has 0 spiro atoms. The van der Waals surface area contributed by atoms with Crippen LogP contribution in [0.1, 0.15) is 68.6 Å². The van der Waals surface area contributed by atoms with Crippen molar-refractivity contribution < 1.29 is 18.0 Å². The molecule has 1 aliphatic rings. The van der Waals surface area contributed by atoms with Crippen molar-refractivity contribution in [3.8, 4) is 0 Å². The first kappa shape index (κ1) is 23.4. The quantitative estimate of drug-likeness (QED) is 0.670. The Morgan fingerprint density at radius 3 is 2.24 bits per heavy atom. The first-order chi connectivity index (χ1) is 13.6. The second kappa shape index (κ2) is 10.2. The second-order valence-electron chi connectivity index (χ2n) is 8.28. The summed E-state index contributed by atoms with van der Waals surface area (Å²) < 4.78 is 25.0. The first-order valence-electron chi connectivity index (χ1n) is 10.5. The number of nitrogens with one attached hydrogen (secondary N) is 2. The minimum Gasteiger partial charge on any atom is -0.352 e. The van der Waals surface area contributed by atoms with Crippen molar-refractivity contribution >= 4 is 27.3 Å². The van der Waals surface area contributed by atoms with Gasteiger partial charge in [0.25, 0.3) is 0 Å². The van der Waals surface area contributed by atoms with Gasteiger partial charge in [0.15, 0.2) is 9.84 Å². The SMILES string of the molecule is Cc1cc(C)c(NC(=O)CCCS(=O)(=O)C(C)C(=O)NC2CCCCC2)c(C)c1. The third-order valence-corrected chi connectivity index (χ3v) is 7.78. The average Bonchev–Trinajstić information content (AvgIpc) is 2.64. The predicted octanol–water partition coefficient (Wildman–Crippen LogP) is 3.58. The fraction of sp³-hybridized carbons (Fsp3) is 0.636. The second-order valence-corrected chi connectivity index (χ2v) is 10.7. The third kappa shape index (κ3) is 6.84. The number of carbonyl (C=O) groups excluding carboxylic acids is 2. The molecule has 1 atom stereocenters. The fourth-order valence-electron chi connectivity index (χ4n) is 3.92. The standard InChI is InChI=1S/C22H34N2O4S/c1-15-13-16(2)21(17(3)14-15)24-20(25)11-8-12-29(27,28)18(4)22(26)23-19-9-6-5-7-10-19/h13-14,18-19H,5-12H2,1-4H3,(H,23,26)(H,24,25). The van der Waals surface area contributed by atoms with Gasteiger partial charge in [0.05, 0.1) is 5.75 Å². The smallest absolute Gasteiger partial charge is 0.238 e. The van der Waals surface area contributed by atoms with Gasteiger partial charge in [-0.3, -0.25) is 9.59 Å². The predicted molar refractivity (Wildman–Crippen MR) is 117 cm³/mol.